The fourth-order valence-corrected chi connectivity index (χ4v) is 25.9. The molecule has 6 nitrogen and oxygen atoms in total. The molecule has 0 bridgehead atoms. The van der Waals surface area contributed by atoms with Crippen molar-refractivity contribution in [3.05, 3.63) is 534 Å². The first-order valence-electron chi connectivity index (χ1n) is 50.0. The summed E-state index contributed by atoms with van der Waals surface area (Å²) >= 11 is 3.74. The Balaban J connectivity index is 0.000000104. The molecule has 0 N–H and O–H groups in total. The standard InChI is InChI=1S/2C48H30N2S.C42H28N2/c1-2-12-31(13-3-1)32-24-27-34(28-25-32)49-40-18-7-4-14-36(40)37-29-26-33(30-44(37)49)35-17-10-20-42-47(35)38-15-5-8-19-41(38)50(42)43-21-11-23-46-48(43)39-16-6-9-22-45(39)51-46;1-2-11-31(12-3-1)32-21-24-34(25-22-32)49-42-17-7-4-13-37(42)38-27-23-33(29-45(38)49)36-16-10-19-44-48(36)41-15-5-8-18-43(41)50(44)35-26-28-40-39-14-6-9-20-46(39)51-47(40)30-35;1-3-13-29(14-4-1)30-25-27-32(28-26-30)44-38-22-10-8-18-36(38)42-34(20-12-24-40(42)44)33-19-11-23-39-41(33)35-17-7-9-21-37(35)43(39)31-15-5-2-6-16-31/h2*1-30H;1-28H. The minimum absolute atomic E-state index is 1.16. The van der Waals surface area contributed by atoms with Crippen LogP contribution in [0, 0.1) is 0 Å². The number of hydrogen-bond donors (Lipinski definition) is 0. The van der Waals surface area contributed by atoms with Gasteiger partial charge in [0, 0.05) is 133 Å². The molecule has 31 rings (SSSR count). The highest BCUT2D eigenvalue weighted by Crippen LogP contribution is 2.50. The van der Waals surface area contributed by atoms with Crippen LogP contribution in [0.1, 0.15) is 0 Å². The fourth-order valence-electron chi connectivity index (χ4n) is 23.6. The smallest absolute Gasteiger partial charge is 0.0555 e. The third-order valence-corrected chi connectivity index (χ3v) is 32.3. The summed E-state index contributed by atoms with van der Waals surface area (Å²) in [5.41, 5.74) is 36.3. The molecule has 8 heteroatoms. The quantitative estimate of drug-likeness (QED) is 0.117. The van der Waals surface area contributed by atoms with Crippen LogP contribution in [0.2, 0.25) is 0 Å². The van der Waals surface area contributed by atoms with E-state index < -0.39 is 0 Å². The van der Waals surface area contributed by atoms with Gasteiger partial charge in [-0.3, -0.25) is 0 Å². The van der Waals surface area contributed by atoms with Gasteiger partial charge in [0.2, 0.25) is 0 Å². The van der Waals surface area contributed by atoms with Gasteiger partial charge in [0.15, 0.2) is 0 Å². The molecule has 23 aromatic carbocycles. The van der Waals surface area contributed by atoms with E-state index in [9.17, 15) is 0 Å². The van der Waals surface area contributed by atoms with Crippen molar-refractivity contribution < 1.29 is 0 Å². The SMILES string of the molecule is c1ccc(-c2ccc(-n3c4ccccc4c4c(-c5cccc6c5c5ccccc5n6-c5ccccc5)cccc43)cc2)cc1.c1ccc(-c2ccc(-n3c4ccccc4c4ccc(-c5cccc6c5c5ccccc5n6-c5ccc6c(c5)sc5ccccc56)cc43)cc2)cc1.c1ccc(-c2ccc(-n3c4ccccc4c4ccc(-c5cccc6c5c5ccccc5n6-c5cccc6sc7ccccc7c56)cc43)cc2)cc1. The summed E-state index contributed by atoms with van der Waals surface area (Å²) < 4.78 is 19.9. The van der Waals surface area contributed by atoms with Crippen molar-refractivity contribution in [2.24, 2.45) is 0 Å². The highest BCUT2D eigenvalue weighted by Gasteiger charge is 2.27. The molecule has 146 heavy (non-hydrogen) atoms. The molecular weight excluding hydrogens is 1810 g/mol. The van der Waals surface area contributed by atoms with Crippen LogP contribution in [-0.2, 0) is 0 Å². The second-order valence-electron chi connectivity index (χ2n) is 38.0. The first-order chi connectivity index (χ1) is 72.5. The zero-order valence-corrected chi connectivity index (χ0v) is 80.9. The van der Waals surface area contributed by atoms with E-state index >= 15 is 0 Å². The van der Waals surface area contributed by atoms with Gasteiger partial charge in [0.05, 0.1) is 71.9 Å². The Kier molecular flexibility index (Phi) is 20.0. The maximum absolute atomic E-state index is 2.49. The minimum Gasteiger partial charge on any atom is -0.309 e. The highest BCUT2D eigenvalue weighted by molar-refractivity contribution is 7.26. The van der Waals surface area contributed by atoms with Gasteiger partial charge in [0.25, 0.3) is 0 Å². The van der Waals surface area contributed by atoms with Crippen LogP contribution in [-0.4, -0.2) is 27.4 Å². The summed E-state index contributed by atoms with van der Waals surface area (Å²) in [7, 11) is 0. The molecule has 8 heterocycles. The monoisotopic (exact) mass is 1890 g/mol. The molecule has 0 spiro atoms. The Morgan fingerprint density at radius 3 is 0.801 bits per heavy atom. The molecule has 0 atom stereocenters. The number of nitrogens with zero attached hydrogens (tertiary/aromatic N) is 6. The van der Waals surface area contributed by atoms with E-state index in [0.717, 1.165) is 17.1 Å². The minimum atomic E-state index is 1.16. The molecular formula is C138H88N6S2. The summed E-state index contributed by atoms with van der Waals surface area (Å²) in [4.78, 5) is 0. The summed E-state index contributed by atoms with van der Waals surface area (Å²) in [6, 6.07) is 195. The lowest BCUT2D eigenvalue weighted by atomic mass is 9.95. The number of fused-ring (bicyclic) bond motifs is 24. The Morgan fingerprint density at radius 1 is 0.116 bits per heavy atom. The average Bonchev–Trinajstić information content (AvgIpc) is 1.56. The number of aromatic nitrogens is 6. The van der Waals surface area contributed by atoms with Crippen molar-refractivity contribution in [1.29, 1.82) is 0 Å². The fraction of sp³-hybridized carbons (Fsp3) is 0. The van der Waals surface area contributed by atoms with Crippen LogP contribution in [0.25, 0.3) is 272 Å². The molecule has 31 aromatic rings. The van der Waals surface area contributed by atoms with E-state index in [0.29, 0.717) is 0 Å². The maximum atomic E-state index is 2.49. The average molecular weight is 1890 g/mol. The first-order valence-corrected chi connectivity index (χ1v) is 51.6. The summed E-state index contributed by atoms with van der Waals surface area (Å²) in [6.45, 7) is 0. The summed E-state index contributed by atoms with van der Waals surface area (Å²) in [5, 5.41) is 20.5. The second kappa shape index (κ2) is 34.6. The number of rotatable bonds is 12. The van der Waals surface area contributed by atoms with Gasteiger partial charge in [0.1, 0.15) is 0 Å². The molecule has 0 aliphatic carbocycles. The lowest BCUT2D eigenvalue weighted by Crippen LogP contribution is -1.95. The van der Waals surface area contributed by atoms with E-state index in [1.807, 2.05) is 22.7 Å². The van der Waals surface area contributed by atoms with Crippen molar-refractivity contribution in [3.8, 4) is 101 Å². The van der Waals surface area contributed by atoms with Crippen LogP contribution in [0.3, 0.4) is 0 Å². The van der Waals surface area contributed by atoms with Crippen molar-refractivity contribution in [1.82, 2.24) is 27.4 Å². The molecule has 0 saturated carbocycles. The third-order valence-electron chi connectivity index (χ3n) is 30.0. The van der Waals surface area contributed by atoms with Gasteiger partial charge in [-0.25, -0.2) is 0 Å². The molecule has 0 unspecified atom stereocenters. The normalized spacial score (nSPS) is 11.8. The van der Waals surface area contributed by atoms with Crippen LogP contribution in [0.4, 0.5) is 0 Å². The van der Waals surface area contributed by atoms with E-state index in [1.54, 1.807) is 0 Å². The van der Waals surface area contributed by atoms with Gasteiger partial charge in [-0.1, -0.05) is 376 Å². The molecule has 682 valence electrons. The van der Waals surface area contributed by atoms with Crippen LogP contribution in [0.5, 0.6) is 0 Å². The summed E-state index contributed by atoms with van der Waals surface area (Å²) in [5.74, 6) is 0. The second-order valence-corrected chi connectivity index (χ2v) is 40.1. The molecule has 0 aliphatic heterocycles. The predicted octanol–water partition coefficient (Wildman–Crippen LogP) is 38.4. The molecule has 0 fully saturated rings. The number of hydrogen-bond acceptors (Lipinski definition) is 2. The molecule has 0 amide bonds. The molecule has 0 radical (unpaired) electrons. The zero-order chi connectivity index (χ0) is 96.0. The van der Waals surface area contributed by atoms with E-state index in [4.69, 9.17) is 0 Å². The topological polar surface area (TPSA) is 29.6 Å². The Morgan fingerprint density at radius 2 is 0.370 bits per heavy atom. The van der Waals surface area contributed by atoms with E-state index in [2.05, 4.69) is 561 Å². The van der Waals surface area contributed by atoms with Gasteiger partial charge in [-0.05, 0) is 224 Å². The predicted molar refractivity (Wildman–Crippen MR) is 624 cm³/mol. The number of thiophene rings is 2. The van der Waals surface area contributed by atoms with Crippen molar-refractivity contribution in [3.63, 3.8) is 0 Å². The molecule has 8 aromatic heterocycles. The maximum Gasteiger partial charge on any atom is 0.0555 e. The molecule has 0 aliphatic rings. The first kappa shape index (κ1) is 84.2. The largest absolute Gasteiger partial charge is 0.309 e. The van der Waals surface area contributed by atoms with Crippen LogP contribution < -0.4 is 0 Å². The summed E-state index contributed by atoms with van der Waals surface area (Å²) in [6.07, 6.45) is 0. The number of para-hydroxylation sites is 7. The van der Waals surface area contributed by atoms with Crippen molar-refractivity contribution >= 4 is 194 Å². The van der Waals surface area contributed by atoms with Gasteiger partial charge >= 0.3 is 0 Å². The lowest BCUT2D eigenvalue weighted by molar-refractivity contribution is 1.18. The molecule has 0 saturated heterocycles. The zero-order valence-electron chi connectivity index (χ0n) is 79.3. The lowest BCUT2D eigenvalue weighted by Gasteiger charge is -2.12. The van der Waals surface area contributed by atoms with Gasteiger partial charge in [-0.15, -0.1) is 22.7 Å². The Bertz CT molecular complexity index is 10600. The van der Waals surface area contributed by atoms with Gasteiger partial charge in [-0.2, -0.15) is 0 Å². The van der Waals surface area contributed by atoms with Crippen molar-refractivity contribution in [2.45, 2.75) is 0 Å². The van der Waals surface area contributed by atoms with Crippen LogP contribution >= 0.6 is 22.7 Å². The van der Waals surface area contributed by atoms with E-state index in [-0.39, 0.29) is 0 Å². The third kappa shape index (κ3) is 13.7. The van der Waals surface area contributed by atoms with E-state index in [1.165, 1.54) is 255 Å². The Labute approximate surface area is 849 Å². The Hall–Kier alpha value is -18.7. The van der Waals surface area contributed by atoms with Crippen LogP contribution in [0.15, 0.2) is 534 Å². The van der Waals surface area contributed by atoms with Gasteiger partial charge < -0.3 is 27.4 Å². The van der Waals surface area contributed by atoms with Crippen molar-refractivity contribution in [2.75, 3.05) is 0 Å². The highest BCUT2D eigenvalue weighted by atomic mass is 32.1. The number of benzene rings is 23.